The SMILES string of the molecule is CC(C)(C)NCc1ccc(SCCCO)c(C#N)c1. The van der Waals surface area contributed by atoms with Gasteiger partial charge in [-0.15, -0.1) is 11.8 Å². The Bertz CT molecular complexity index is 446. The van der Waals surface area contributed by atoms with Gasteiger partial charge in [0.1, 0.15) is 6.07 Å². The fourth-order valence-electron chi connectivity index (χ4n) is 1.51. The van der Waals surface area contributed by atoms with Crippen molar-refractivity contribution >= 4 is 11.8 Å². The van der Waals surface area contributed by atoms with Crippen LogP contribution < -0.4 is 5.32 Å². The van der Waals surface area contributed by atoms with Crippen LogP contribution >= 0.6 is 11.8 Å². The lowest BCUT2D eigenvalue weighted by Crippen LogP contribution is -2.35. The molecule has 0 radical (unpaired) electrons. The zero-order chi connectivity index (χ0) is 14.3. The van der Waals surface area contributed by atoms with Crippen LogP contribution in [0, 0.1) is 11.3 Å². The molecule has 0 spiro atoms. The Balaban J connectivity index is 2.70. The molecule has 0 bridgehead atoms. The molecule has 0 aliphatic rings. The first-order chi connectivity index (χ1) is 8.96. The van der Waals surface area contributed by atoms with Crippen molar-refractivity contribution in [3.63, 3.8) is 0 Å². The Hall–Kier alpha value is -1.02. The zero-order valence-corrected chi connectivity index (χ0v) is 12.7. The van der Waals surface area contributed by atoms with E-state index in [1.165, 1.54) is 0 Å². The number of nitrogens with one attached hydrogen (secondary N) is 1. The van der Waals surface area contributed by atoms with Gasteiger partial charge in [-0.25, -0.2) is 0 Å². The van der Waals surface area contributed by atoms with Gasteiger partial charge in [0, 0.05) is 29.3 Å². The number of aliphatic hydroxyl groups excluding tert-OH is 1. The number of hydrogen-bond donors (Lipinski definition) is 2. The van der Waals surface area contributed by atoms with Crippen LogP contribution in [0.5, 0.6) is 0 Å². The molecule has 19 heavy (non-hydrogen) atoms. The molecule has 1 aromatic carbocycles. The second-order valence-corrected chi connectivity index (χ2v) is 6.61. The van der Waals surface area contributed by atoms with Crippen molar-refractivity contribution in [1.82, 2.24) is 5.32 Å². The molecule has 3 nitrogen and oxygen atoms in total. The van der Waals surface area contributed by atoms with Gasteiger partial charge >= 0.3 is 0 Å². The highest BCUT2D eigenvalue weighted by molar-refractivity contribution is 7.99. The van der Waals surface area contributed by atoms with E-state index in [1.54, 1.807) is 11.8 Å². The number of nitriles is 1. The van der Waals surface area contributed by atoms with Crippen LogP contribution in [0.4, 0.5) is 0 Å². The first kappa shape index (κ1) is 16.0. The first-order valence-corrected chi connectivity index (χ1v) is 7.46. The van der Waals surface area contributed by atoms with E-state index in [2.05, 4.69) is 38.2 Å². The molecule has 0 amide bonds. The van der Waals surface area contributed by atoms with E-state index in [-0.39, 0.29) is 12.1 Å². The van der Waals surface area contributed by atoms with Crippen LogP contribution in [0.15, 0.2) is 23.1 Å². The van der Waals surface area contributed by atoms with Crippen molar-refractivity contribution in [3.8, 4) is 6.07 Å². The number of benzene rings is 1. The molecule has 104 valence electrons. The van der Waals surface area contributed by atoms with Crippen LogP contribution in [-0.2, 0) is 6.54 Å². The smallest absolute Gasteiger partial charge is 0.100 e. The number of hydrogen-bond acceptors (Lipinski definition) is 4. The lowest BCUT2D eigenvalue weighted by molar-refractivity contribution is 0.296. The summed E-state index contributed by atoms with van der Waals surface area (Å²) in [5.74, 6) is 0.838. The standard InChI is InChI=1S/C15H22N2OS/c1-15(2,3)17-11-12-5-6-14(13(9-12)10-16)19-8-4-7-18/h5-6,9,17-18H,4,7-8,11H2,1-3H3. The minimum Gasteiger partial charge on any atom is -0.396 e. The van der Waals surface area contributed by atoms with Crippen molar-refractivity contribution in [2.24, 2.45) is 0 Å². The number of aliphatic hydroxyl groups is 1. The van der Waals surface area contributed by atoms with E-state index in [4.69, 9.17) is 5.11 Å². The summed E-state index contributed by atoms with van der Waals surface area (Å²) < 4.78 is 0. The van der Waals surface area contributed by atoms with Crippen LogP contribution in [-0.4, -0.2) is 23.0 Å². The summed E-state index contributed by atoms with van der Waals surface area (Å²) in [6, 6.07) is 8.25. The third-order valence-electron chi connectivity index (χ3n) is 2.55. The van der Waals surface area contributed by atoms with Gasteiger partial charge in [-0.2, -0.15) is 5.26 Å². The molecule has 1 rings (SSSR count). The Labute approximate surface area is 120 Å². The minimum atomic E-state index is 0.0708. The molecule has 4 heteroatoms. The highest BCUT2D eigenvalue weighted by Crippen LogP contribution is 2.24. The van der Waals surface area contributed by atoms with E-state index >= 15 is 0 Å². The third kappa shape index (κ3) is 6.11. The predicted octanol–water partition coefficient (Wildman–Crippen LogP) is 2.92. The number of rotatable bonds is 6. The van der Waals surface area contributed by atoms with E-state index in [9.17, 15) is 5.26 Å². The van der Waals surface area contributed by atoms with Gasteiger partial charge in [-0.05, 0) is 44.9 Å². The normalized spacial score (nSPS) is 11.3. The monoisotopic (exact) mass is 278 g/mol. The van der Waals surface area contributed by atoms with Gasteiger partial charge < -0.3 is 10.4 Å². The zero-order valence-electron chi connectivity index (χ0n) is 11.9. The molecule has 0 atom stereocenters. The highest BCUT2D eigenvalue weighted by atomic mass is 32.2. The van der Waals surface area contributed by atoms with Crippen LogP contribution in [0.1, 0.15) is 38.3 Å². The van der Waals surface area contributed by atoms with Gasteiger partial charge in [0.25, 0.3) is 0 Å². The van der Waals surface area contributed by atoms with Crippen molar-refractivity contribution in [1.29, 1.82) is 5.26 Å². The van der Waals surface area contributed by atoms with E-state index < -0.39 is 0 Å². The molecule has 0 fully saturated rings. The van der Waals surface area contributed by atoms with Crippen molar-refractivity contribution in [3.05, 3.63) is 29.3 Å². The Morgan fingerprint density at radius 2 is 2.11 bits per heavy atom. The second kappa shape index (κ2) is 7.54. The summed E-state index contributed by atoms with van der Waals surface area (Å²) in [5.41, 5.74) is 1.91. The first-order valence-electron chi connectivity index (χ1n) is 6.48. The largest absolute Gasteiger partial charge is 0.396 e. The average molecular weight is 278 g/mol. The fourth-order valence-corrected chi connectivity index (χ4v) is 2.43. The van der Waals surface area contributed by atoms with Crippen LogP contribution in [0.25, 0.3) is 0 Å². The second-order valence-electron chi connectivity index (χ2n) is 5.47. The van der Waals surface area contributed by atoms with Gasteiger partial charge in [0.15, 0.2) is 0 Å². The quantitative estimate of drug-likeness (QED) is 0.620. The lowest BCUT2D eigenvalue weighted by Gasteiger charge is -2.20. The van der Waals surface area contributed by atoms with Crippen molar-refractivity contribution in [2.75, 3.05) is 12.4 Å². The average Bonchev–Trinajstić information content (AvgIpc) is 2.36. The van der Waals surface area contributed by atoms with Gasteiger partial charge in [0.05, 0.1) is 5.56 Å². The maximum atomic E-state index is 9.19. The van der Waals surface area contributed by atoms with Gasteiger partial charge in [-0.1, -0.05) is 6.07 Å². The summed E-state index contributed by atoms with van der Waals surface area (Å²) in [5, 5.41) is 21.4. The molecular formula is C15H22N2OS. The maximum absolute atomic E-state index is 9.19. The Morgan fingerprint density at radius 3 is 2.68 bits per heavy atom. The number of thioether (sulfide) groups is 1. The molecule has 0 unspecified atom stereocenters. The minimum absolute atomic E-state index is 0.0708. The van der Waals surface area contributed by atoms with Crippen molar-refractivity contribution in [2.45, 2.75) is 44.2 Å². The number of nitrogens with zero attached hydrogens (tertiary/aromatic N) is 1. The van der Waals surface area contributed by atoms with Gasteiger partial charge in [-0.3, -0.25) is 0 Å². The molecule has 0 aromatic heterocycles. The van der Waals surface area contributed by atoms with Gasteiger partial charge in [0.2, 0.25) is 0 Å². The Kier molecular flexibility index (Phi) is 6.36. The van der Waals surface area contributed by atoms with E-state index in [0.29, 0.717) is 0 Å². The third-order valence-corrected chi connectivity index (χ3v) is 3.71. The molecule has 1 aromatic rings. The molecule has 0 saturated carbocycles. The predicted molar refractivity (Wildman–Crippen MR) is 80.2 cm³/mol. The summed E-state index contributed by atoms with van der Waals surface area (Å²) in [7, 11) is 0. The maximum Gasteiger partial charge on any atom is 0.100 e. The van der Waals surface area contributed by atoms with E-state index in [0.717, 1.165) is 34.7 Å². The molecule has 0 aliphatic carbocycles. The molecule has 0 heterocycles. The van der Waals surface area contributed by atoms with Crippen LogP contribution in [0.2, 0.25) is 0 Å². The van der Waals surface area contributed by atoms with E-state index in [1.807, 2.05) is 12.1 Å². The topological polar surface area (TPSA) is 56.0 Å². The summed E-state index contributed by atoms with van der Waals surface area (Å²) in [6.45, 7) is 7.33. The lowest BCUT2D eigenvalue weighted by atomic mass is 10.1. The fraction of sp³-hybridized carbons (Fsp3) is 0.533. The summed E-state index contributed by atoms with van der Waals surface area (Å²) in [6.07, 6.45) is 0.753. The molecule has 2 N–H and O–H groups in total. The van der Waals surface area contributed by atoms with Crippen molar-refractivity contribution < 1.29 is 5.11 Å². The summed E-state index contributed by atoms with van der Waals surface area (Å²) >= 11 is 1.63. The molecule has 0 aliphatic heterocycles. The molecule has 0 saturated heterocycles. The summed E-state index contributed by atoms with van der Waals surface area (Å²) in [4.78, 5) is 0.996. The van der Waals surface area contributed by atoms with Crippen LogP contribution in [0.3, 0.4) is 0 Å². The highest BCUT2D eigenvalue weighted by Gasteiger charge is 2.09. The Morgan fingerprint density at radius 1 is 1.37 bits per heavy atom. The molecular weight excluding hydrogens is 256 g/mol.